The number of hydrogen-bond donors (Lipinski definition) is 1. The minimum Gasteiger partial charge on any atom is -0.476 e. The van der Waals surface area contributed by atoms with Crippen LogP contribution in [0, 0.1) is 5.82 Å². The van der Waals surface area contributed by atoms with Crippen LogP contribution in [0.15, 0.2) is 30.5 Å². The summed E-state index contributed by atoms with van der Waals surface area (Å²) in [6.07, 6.45) is 1.35. The van der Waals surface area contributed by atoms with E-state index < -0.39 is 11.8 Å². The Hall–Kier alpha value is -2.17. The first kappa shape index (κ1) is 10.4. The Bertz CT molecular complexity index is 549. The lowest BCUT2D eigenvalue weighted by atomic mass is 10.2. The maximum absolute atomic E-state index is 13.5. The molecule has 0 aliphatic rings. The Balaban J connectivity index is 2.57. The third-order valence-corrected chi connectivity index (χ3v) is 2.21. The number of carbonyl (C=O) groups is 1. The summed E-state index contributed by atoms with van der Waals surface area (Å²) in [6.45, 7) is 0. The molecule has 0 saturated heterocycles. The van der Waals surface area contributed by atoms with Crippen LogP contribution in [0.25, 0.3) is 11.4 Å². The molecule has 1 heterocycles. The van der Waals surface area contributed by atoms with Crippen LogP contribution < -0.4 is 0 Å². The second kappa shape index (κ2) is 3.77. The quantitative estimate of drug-likeness (QED) is 0.841. The molecule has 0 fully saturated rings. The van der Waals surface area contributed by atoms with Crippen LogP contribution in [0.4, 0.5) is 4.39 Å². The van der Waals surface area contributed by atoms with Gasteiger partial charge in [-0.2, -0.15) is 0 Å². The van der Waals surface area contributed by atoms with E-state index in [-0.39, 0.29) is 11.3 Å². The number of aromatic nitrogens is 2. The topological polar surface area (TPSA) is 55.1 Å². The van der Waals surface area contributed by atoms with Crippen molar-refractivity contribution in [1.82, 2.24) is 9.55 Å². The first-order valence-corrected chi connectivity index (χ1v) is 4.61. The highest BCUT2D eigenvalue weighted by Gasteiger charge is 2.14. The van der Waals surface area contributed by atoms with Gasteiger partial charge in [0.2, 0.25) is 0 Å². The summed E-state index contributed by atoms with van der Waals surface area (Å²) in [5.41, 5.74) is 0.193. The molecule has 0 radical (unpaired) electrons. The van der Waals surface area contributed by atoms with Crippen molar-refractivity contribution in [3.8, 4) is 11.4 Å². The highest BCUT2D eigenvalue weighted by molar-refractivity contribution is 5.86. The zero-order valence-electron chi connectivity index (χ0n) is 8.51. The van der Waals surface area contributed by atoms with Crippen molar-refractivity contribution >= 4 is 5.97 Å². The van der Waals surface area contributed by atoms with Crippen LogP contribution >= 0.6 is 0 Å². The normalized spacial score (nSPS) is 10.4. The molecule has 0 bridgehead atoms. The largest absolute Gasteiger partial charge is 0.476 e. The number of aryl methyl sites for hydroxylation is 1. The molecular weight excluding hydrogens is 211 g/mol. The molecule has 0 aliphatic carbocycles. The van der Waals surface area contributed by atoms with E-state index in [2.05, 4.69) is 4.98 Å². The number of nitrogens with zero attached hydrogens (tertiary/aromatic N) is 2. The van der Waals surface area contributed by atoms with Gasteiger partial charge in [0.1, 0.15) is 11.6 Å². The van der Waals surface area contributed by atoms with Crippen LogP contribution in [0.3, 0.4) is 0 Å². The average molecular weight is 220 g/mol. The van der Waals surface area contributed by atoms with Crippen LogP contribution in [0.1, 0.15) is 10.5 Å². The van der Waals surface area contributed by atoms with E-state index in [0.717, 1.165) is 0 Å². The lowest BCUT2D eigenvalue weighted by Crippen LogP contribution is -1.95. The van der Waals surface area contributed by atoms with Crippen molar-refractivity contribution in [2.75, 3.05) is 0 Å². The summed E-state index contributed by atoms with van der Waals surface area (Å²) in [4.78, 5) is 14.6. The highest BCUT2D eigenvalue weighted by atomic mass is 19.1. The molecule has 2 rings (SSSR count). The number of halogens is 1. The molecule has 82 valence electrons. The molecule has 1 aromatic heterocycles. The fraction of sp³-hybridized carbons (Fsp3) is 0.0909. The predicted octanol–water partition coefficient (Wildman–Crippen LogP) is 1.92. The van der Waals surface area contributed by atoms with Crippen molar-refractivity contribution in [2.45, 2.75) is 0 Å². The Morgan fingerprint density at radius 1 is 1.44 bits per heavy atom. The first-order chi connectivity index (χ1) is 7.59. The van der Waals surface area contributed by atoms with Crippen molar-refractivity contribution in [2.24, 2.45) is 7.05 Å². The van der Waals surface area contributed by atoms with E-state index in [1.165, 1.54) is 16.8 Å². The van der Waals surface area contributed by atoms with Crippen molar-refractivity contribution < 1.29 is 14.3 Å². The van der Waals surface area contributed by atoms with Gasteiger partial charge >= 0.3 is 5.97 Å². The molecule has 0 atom stereocenters. The zero-order chi connectivity index (χ0) is 11.7. The summed E-state index contributed by atoms with van der Waals surface area (Å²) >= 11 is 0. The van der Waals surface area contributed by atoms with Crippen LogP contribution in [-0.2, 0) is 7.05 Å². The average Bonchev–Trinajstić information content (AvgIpc) is 2.61. The maximum Gasteiger partial charge on any atom is 0.356 e. The number of imidazole rings is 1. The van der Waals surface area contributed by atoms with Gasteiger partial charge in [-0.05, 0) is 12.1 Å². The molecule has 0 amide bonds. The fourth-order valence-electron chi connectivity index (χ4n) is 1.46. The van der Waals surface area contributed by atoms with E-state index in [0.29, 0.717) is 5.82 Å². The minimum atomic E-state index is -1.13. The summed E-state index contributed by atoms with van der Waals surface area (Å²) in [5.74, 6) is -1.25. The van der Waals surface area contributed by atoms with E-state index in [4.69, 9.17) is 5.11 Å². The Morgan fingerprint density at radius 2 is 2.12 bits per heavy atom. The van der Waals surface area contributed by atoms with Gasteiger partial charge in [-0.25, -0.2) is 14.2 Å². The number of benzene rings is 1. The lowest BCUT2D eigenvalue weighted by Gasteiger charge is -2.01. The fourth-order valence-corrected chi connectivity index (χ4v) is 1.46. The molecule has 0 saturated carbocycles. The highest BCUT2D eigenvalue weighted by Crippen LogP contribution is 2.21. The first-order valence-electron chi connectivity index (χ1n) is 4.61. The molecule has 1 N–H and O–H groups in total. The van der Waals surface area contributed by atoms with E-state index in [9.17, 15) is 9.18 Å². The number of aromatic carboxylic acids is 1. The molecule has 2 aromatic rings. The van der Waals surface area contributed by atoms with Crippen molar-refractivity contribution in [1.29, 1.82) is 0 Å². The Kier molecular flexibility index (Phi) is 2.44. The molecule has 1 aromatic carbocycles. The summed E-state index contributed by atoms with van der Waals surface area (Å²) in [7, 11) is 1.63. The number of rotatable bonds is 2. The minimum absolute atomic E-state index is 0.0965. The second-order valence-corrected chi connectivity index (χ2v) is 3.35. The van der Waals surface area contributed by atoms with Crippen LogP contribution in [0.2, 0.25) is 0 Å². The van der Waals surface area contributed by atoms with E-state index >= 15 is 0 Å². The predicted molar refractivity (Wildman–Crippen MR) is 55.6 cm³/mol. The Morgan fingerprint density at radius 3 is 2.69 bits per heavy atom. The molecule has 4 nitrogen and oxygen atoms in total. The molecular formula is C11H9FN2O2. The summed E-state index contributed by atoms with van der Waals surface area (Å²) in [6, 6.07) is 6.11. The standard InChI is InChI=1S/C11H9FN2O2/c1-14-6-9(11(15)16)13-10(14)7-4-2-3-5-8(7)12/h2-6H,1H3,(H,15,16). The van der Waals surface area contributed by atoms with Crippen LogP contribution in [0.5, 0.6) is 0 Å². The zero-order valence-corrected chi connectivity index (χ0v) is 8.51. The summed E-state index contributed by atoms with van der Waals surface area (Å²) < 4.78 is 15.0. The van der Waals surface area contributed by atoms with Gasteiger partial charge in [-0.15, -0.1) is 0 Å². The lowest BCUT2D eigenvalue weighted by molar-refractivity contribution is 0.0691. The number of carboxylic acid groups (broad SMARTS) is 1. The summed E-state index contributed by atoms with van der Waals surface area (Å²) in [5, 5.41) is 8.77. The van der Waals surface area contributed by atoms with Gasteiger partial charge < -0.3 is 9.67 Å². The molecule has 16 heavy (non-hydrogen) atoms. The van der Waals surface area contributed by atoms with Gasteiger partial charge in [-0.1, -0.05) is 12.1 Å². The molecule has 0 unspecified atom stereocenters. The van der Waals surface area contributed by atoms with E-state index in [1.54, 1.807) is 25.2 Å². The van der Waals surface area contributed by atoms with Crippen molar-refractivity contribution in [3.63, 3.8) is 0 Å². The SMILES string of the molecule is Cn1cc(C(=O)O)nc1-c1ccccc1F. The van der Waals surface area contributed by atoms with Gasteiger partial charge in [-0.3, -0.25) is 0 Å². The Labute approximate surface area is 91.0 Å². The van der Waals surface area contributed by atoms with Crippen LogP contribution in [-0.4, -0.2) is 20.6 Å². The van der Waals surface area contributed by atoms with Gasteiger partial charge in [0.25, 0.3) is 0 Å². The number of hydrogen-bond acceptors (Lipinski definition) is 2. The van der Waals surface area contributed by atoms with E-state index in [1.807, 2.05) is 0 Å². The monoisotopic (exact) mass is 220 g/mol. The molecule has 0 aliphatic heterocycles. The maximum atomic E-state index is 13.5. The van der Waals surface area contributed by atoms with Gasteiger partial charge in [0.05, 0.1) is 5.56 Å². The van der Waals surface area contributed by atoms with Crippen molar-refractivity contribution in [3.05, 3.63) is 42.0 Å². The third-order valence-electron chi connectivity index (χ3n) is 2.21. The molecule has 0 spiro atoms. The number of carboxylic acids is 1. The smallest absolute Gasteiger partial charge is 0.356 e. The third kappa shape index (κ3) is 1.67. The van der Waals surface area contributed by atoms with Gasteiger partial charge in [0, 0.05) is 13.2 Å². The second-order valence-electron chi connectivity index (χ2n) is 3.35. The molecule has 5 heteroatoms. The van der Waals surface area contributed by atoms with Gasteiger partial charge in [0.15, 0.2) is 5.69 Å².